The summed E-state index contributed by atoms with van der Waals surface area (Å²) in [4.78, 5) is 0. The van der Waals surface area contributed by atoms with Crippen molar-refractivity contribution in [3.8, 4) is 0 Å². The first-order valence-electron chi connectivity index (χ1n) is 7.17. The average molecular weight is 222 g/mol. The van der Waals surface area contributed by atoms with Crippen molar-refractivity contribution in [2.24, 2.45) is 23.7 Å². The Bertz CT molecular complexity index is 298. The molecule has 5 unspecified atom stereocenters. The van der Waals surface area contributed by atoms with Gasteiger partial charge in [-0.3, -0.25) is 0 Å². The molecule has 5 atom stereocenters. The maximum atomic E-state index is 6.54. The number of hydrogen-bond acceptors (Lipinski definition) is 1. The molecule has 0 radical (unpaired) electrons. The van der Waals surface area contributed by atoms with E-state index in [-0.39, 0.29) is 11.2 Å². The molecule has 3 rings (SSSR count). The van der Waals surface area contributed by atoms with Gasteiger partial charge in [0.15, 0.2) is 0 Å². The summed E-state index contributed by atoms with van der Waals surface area (Å²) in [6.45, 7) is 9.59. The topological polar surface area (TPSA) is 9.23 Å². The summed E-state index contributed by atoms with van der Waals surface area (Å²) < 4.78 is 6.54. The van der Waals surface area contributed by atoms with E-state index in [4.69, 9.17) is 4.74 Å². The second kappa shape index (κ2) is 3.25. The van der Waals surface area contributed by atoms with Gasteiger partial charge in [-0.25, -0.2) is 0 Å². The maximum absolute atomic E-state index is 6.54. The Kier molecular flexibility index (Phi) is 2.25. The summed E-state index contributed by atoms with van der Waals surface area (Å²) in [5.41, 5.74) is 0.512. The lowest BCUT2D eigenvalue weighted by atomic mass is 9.57. The predicted molar refractivity (Wildman–Crippen MR) is 66.3 cm³/mol. The van der Waals surface area contributed by atoms with Gasteiger partial charge in [-0.2, -0.15) is 0 Å². The molecule has 2 heterocycles. The first-order valence-corrected chi connectivity index (χ1v) is 7.17. The molecule has 16 heavy (non-hydrogen) atoms. The summed E-state index contributed by atoms with van der Waals surface area (Å²) in [6, 6.07) is 0. The molecular formula is C15H26O. The summed E-state index contributed by atoms with van der Waals surface area (Å²) in [6.07, 6.45) is 6.79. The highest BCUT2D eigenvalue weighted by Gasteiger charge is 2.64. The molecule has 3 aliphatic rings. The number of fused-ring (bicyclic) bond motifs is 1. The minimum absolute atomic E-state index is 0.233. The van der Waals surface area contributed by atoms with Crippen LogP contribution < -0.4 is 0 Å². The van der Waals surface area contributed by atoms with Gasteiger partial charge >= 0.3 is 0 Å². The highest BCUT2D eigenvalue weighted by atomic mass is 16.5. The van der Waals surface area contributed by atoms with Crippen molar-refractivity contribution in [3.05, 3.63) is 0 Å². The molecule has 1 aliphatic carbocycles. The average Bonchev–Trinajstić information content (AvgIpc) is 2.69. The molecular weight excluding hydrogens is 196 g/mol. The second-order valence-electron chi connectivity index (χ2n) is 7.20. The standard InChI is InChI=1S/C15H26O/c1-10(2)12-6-5-11(3)15-8-7-14(4,16-15)9-13(12)15/h10-13H,5-9H2,1-4H3. The molecule has 0 amide bonds. The zero-order valence-corrected chi connectivity index (χ0v) is 11.3. The summed E-state index contributed by atoms with van der Waals surface area (Å²) >= 11 is 0. The van der Waals surface area contributed by atoms with Gasteiger partial charge in [-0.1, -0.05) is 20.8 Å². The summed E-state index contributed by atoms with van der Waals surface area (Å²) in [7, 11) is 0. The molecule has 3 fully saturated rings. The largest absolute Gasteiger partial charge is 0.368 e. The van der Waals surface area contributed by atoms with Crippen LogP contribution in [0.15, 0.2) is 0 Å². The van der Waals surface area contributed by atoms with Gasteiger partial charge in [-0.15, -0.1) is 0 Å². The fourth-order valence-corrected chi connectivity index (χ4v) is 4.98. The molecule has 0 aromatic carbocycles. The van der Waals surface area contributed by atoms with E-state index in [0.29, 0.717) is 0 Å². The van der Waals surface area contributed by atoms with Gasteiger partial charge in [-0.05, 0) is 62.7 Å². The van der Waals surface area contributed by atoms with Crippen LogP contribution in [0.2, 0.25) is 0 Å². The zero-order chi connectivity index (χ0) is 11.6. The van der Waals surface area contributed by atoms with Gasteiger partial charge in [0.1, 0.15) is 0 Å². The molecule has 2 bridgehead atoms. The van der Waals surface area contributed by atoms with Crippen molar-refractivity contribution in [1.82, 2.24) is 0 Å². The van der Waals surface area contributed by atoms with Crippen LogP contribution in [-0.4, -0.2) is 11.2 Å². The van der Waals surface area contributed by atoms with Crippen molar-refractivity contribution >= 4 is 0 Å². The minimum Gasteiger partial charge on any atom is -0.368 e. The number of hydrogen-bond donors (Lipinski definition) is 0. The third-order valence-corrected chi connectivity index (χ3v) is 5.90. The Labute approximate surface area is 99.9 Å². The van der Waals surface area contributed by atoms with Crippen LogP contribution in [-0.2, 0) is 4.74 Å². The number of rotatable bonds is 1. The highest BCUT2D eigenvalue weighted by Crippen LogP contribution is 2.63. The zero-order valence-electron chi connectivity index (χ0n) is 11.3. The maximum Gasteiger partial charge on any atom is 0.0748 e. The van der Waals surface area contributed by atoms with E-state index in [9.17, 15) is 0 Å². The van der Waals surface area contributed by atoms with Gasteiger partial charge in [0.25, 0.3) is 0 Å². The van der Waals surface area contributed by atoms with Crippen LogP contribution in [0.1, 0.15) is 59.8 Å². The molecule has 92 valence electrons. The van der Waals surface area contributed by atoms with Crippen LogP contribution in [0.25, 0.3) is 0 Å². The normalized spacial score (nSPS) is 55.7. The molecule has 0 N–H and O–H groups in total. The quantitative estimate of drug-likeness (QED) is 0.651. The van der Waals surface area contributed by atoms with Gasteiger partial charge < -0.3 is 4.74 Å². The van der Waals surface area contributed by atoms with E-state index in [1.165, 1.54) is 32.1 Å². The van der Waals surface area contributed by atoms with E-state index in [2.05, 4.69) is 27.7 Å². The SMILES string of the molecule is CC(C)C1CCC(C)C23CCC(C)(CC12)O3. The Morgan fingerprint density at radius 1 is 1.19 bits per heavy atom. The second-order valence-corrected chi connectivity index (χ2v) is 7.20. The Hall–Kier alpha value is -0.0400. The van der Waals surface area contributed by atoms with E-state index in [1.807, 2.05) is 0 Å². The Balaban J connectivity index is 1.95. The third kappa shape index (κ3) is 1.27. The Morgan fingerprint density at radius 3 is 2.56 bits per heavy atom. The monoisotopic (exact) mass is 222 g/mol. The molecule has 1 heteroatoms. The fourth-order valence-electron chi connectivity index (χ4n) is 4.98. The van der Waals surface area contributed by atoms with Crippen LogP contribution in [0.5, 0.6) is 0 Å². The molecule has 0 aromatic heterocycles. The number of ether oxygens (including phenoxy) is 1. The van der Waals surface area contributed by atoms with Crippen molar-refractivity contribution in [2.75, 3.05) is 0 Å². The summed E-state index contributed by atoms with van der Waals surface area (Å²) in [5.74, 6) is 3.39. The van der Waals surface area contributed by atoms with E-state index < -0.39 is 0 Å². The first kappa shape index (κ1) is 11.1. The van der Waals surface area contributed by atoms with Crippen LogP contribution >= 0.6 is 0 Å². The van der Waals surface area contributed by atoms with Crippen LogP contribution in [0.3, 0.4) is 0 Å². The van der Waals surface area contributed by atoms with Crippen LogP contribution in [0.4, 0.5) is 0 Å². The smallest absolute Gasteiger partial charge is 0.0748 e. The first-order chi connectivity index (χ1) is 7.47. The van der Waals surface area contributed by atoms with E-state index in [0.717, 1.165) is 23.7 Å². The van der Waals surface area contributed by atoms with Crippen LogP contribution in [0, 0.1) is 23.7 Å². The van der Waals surface area contributed by atoms with Crippen molar-refractivity contribution in [3.63, 3.8) is 0 Å². The van der Waals surface area contributed by atoms with Gasteiger partial charge in [0, 0.05) is 0 Å². The molecule has 1 spiro atoms. The highest BCUT2D eigenvalue weighted by molar-refractivity contribution is 5.13. The summed E-state index contributed by atoms with van der Waals surface area (Å²) in [5, 5.41) is 0. The van der Waals surface area contributed by atoms with Crippen molar-refractivity contribution < 1.29 is 4.74 Å². The Morgan fingerprint density at radius 2 is 1.94 bits per heavy atom. The minimum atomic E-state index is 0.233. The fraction of sp³-hybridized carbons (Fsp3) is 1.00. The molecule has 1 saturated carbocycles. The van der Waals surface area contributed by atoms with E-state index in [1.54, 1.807) is 0 Å². The molecule has 2 aliphatic heterocycles. The lowest BCUT2D eigenvalue weighted by Gasteiger charge is -2.48. The van der Waals surface area contributed by atoms with Gasteiger partial charge in [0.05, 0.1) is 11.2 Å². The van der Waals surface area contributed by atoms with E-state index >= 15 is 0 Å². The van der Waals surface area contributed by atoms with Crippen molar-refractivity contribution in [1.29, 1.82) is 0 Å². The van der Waals surface area contributed by atoms with Gasteiger partial charge in [0.2, 0.25) is 0 Å². The molecule has 1 nitrogen and oxygen atoms in total. The predicted octanol–water partition coefficient (Wildman–Crippen LogP) is 4.02. The van der Waals surface area contributed by atoms with Crippen molar-refractivity contribution in [2.45, 2.75) is 71.0 Å². The molecule has 0 aromatic rings. The third-order valence-electron chi connectivity index (χ3n) is 5.90. The molecule has 2 saturated heterocycles. The lowest BCUT2D eigenvalue weighted by molar-refractivity contribution is -0.112. The lowest BCUT2D eigenvalue weighted by Crippen LogP contribution is -2.48.